The maximum atomic E-state index is 11.5. The maximum Gasteiger partial charge on any atom is 0.257 e. The van der Waals surface area contributed by atoms with E-state index in [-0.39, 0.29) is 5.91 Å². The van der Waals surface area contributed by atoms with Crippen LogP contribution in [0.15, 0.2) is 28.8 Å². The molecule has 2 rings (SSSR count). The van der Waals surface area contributed by atoms with Gasteiger partial charge in [0.15, 0.2) is 5.82 Å². The van der Waals surface area contributed by atoms with Crippen molar-refractivity contribution in [1.29, 1.82) is 0 Å². The molecule has 0 unspecified atom stereocenters. The van der Waals surface area contributed by atoms with E-state index in [2.05, 4.69) is 15.5 Å². The standard InChI is InChI=1S/C15H19N3O2/c1-10(2)8-14(19)16-9-13-17-15(20-18-13)12-6-4-11(3)5-7-12/h4-7,10H,8-9H2,1-3H3,(H,16,19). The van der Waals surface area contributed by atoms with Crippen LogP contribution in [0.25, 0.3) is 11.5 Å². The van der Waals surface area contributed by atoms with Gasteiger partial charge in [0.2, 0.25) is 5.91 Å². The molecule has 1 N–H and O–H groups in total. The quantitative estimate of drug-likeness (QED) is 0.909. The Morgan fingerprint density at radius 1 is 1.30 bits per heavy atom. The zero-order valence-electron chi connectivity index (χ0n) is 12.0. The summed E-state index contributed by atoms with van der Waals surface area (Å²) in [5.74, 6) is 1.29. The van der Waals surface area contributed by atoms with E-state index in [1.165, 1.54) is 5.56 Å². The molecule has 0 saturated heterocycles. The highest BCUT2D eigenvalue weighted by Gasteiger charge is 2.10. The average molecular weight is 273 g/mol. The number of nitrogens with zero attached hydrogens (tertiary/aromatic N) is 2. The number of hydrogen-bond acceptors (Lipinski definition) is 4. The Morgan fingerprint density at radius 2 is 2.00 bits per heavy atom. The summed E-state index contributed by atoms with van der Waals surface area (Å²) in [7, 11) is 0. The van der Waals surface area contributed by atoms with Crippen molar-refractivity contribution in [2.24, 2.45) is 5.92 Å². The Kier molecular flexibility index (Phi) is 4.50. The number of hydrogen-bond donors (Lipinski definition) is 1. The minimum Gasteiger partial charge on any atom is -0.349 e. The van der Waals surface area contributed by atoms with Gasteiger partial charge in [0.05, 0.1) is 6.54 Å². The van der Waals surface area contributed by atoms with E-state index in [1.807, 2.05) is 45.0 Å². The summed E-state index contributed by atoms with van der Waals surface area (Å²) in [4.78, 5) is 15.8. The number of carbonyl (C=O) groups is 1. The van der Waals surface area contributed by atoms with Crippen molar-refractivity contribution in [3.63, 3.8) is 0 Å². The zero-order valence-corrected chi connectivity index (χ0v) is 12.0. The first kappa shape index (κ1) is 14.2. The highest BCUT2D eigenvalue weighted by molar-refractivity contribution is 5.75. The number of rotatable bonds is 5. The van der Waals surface area contributed by atoms with Crippen molar-refractivity contribution in [2.75, 3.05) is 0 Å². The molecule has 1 aromatic heterocycles. The largest absolute Gasteiger partial charge is 0.349 e. The topological polar surface area (TPSA) is 68.0 Å². The molecule has 5 heteroatoms. The Morgan fingerprint density at radius 3 is 2.65 bits per heavy atom. The van der Waals surface area contributed by atoms with Crippen LogP contribution in [-0.4, -0.2) is 16.0 Å². The van der Waals surface area contributed by atoms with Gasteiger partial charge in [-0.05, 0) is 25.0 Å². The summed E-state index contributed by atoms with van der Waals surface area (Å²) in [6, 6.07) is 7.85. The normalized spacial score (nSPS) is 10.8. The molecule has 1 amide bonds. The van der Waals surface area contributed by atoms with Crippen molar-refractivity contribution in [3.8, 4) is 11.5 Å². The maximum absolute atomic E-state index is 11.5. The smallest absolute Gasteiger partial charge is 0.257 e. The highest BCUT2D eigenvalue weighted by Crippen LogP contribution is 2.17. The number of benzene rings is 1. The summed E-state index contributed by atoms with van der Waals surface area (Å²) >= 11 is 0. The first-order valence-electron chi connectivity index (χ1n) is 6.71. The molecule has 2 aromatic rings. The molecule has 106 valence electrons. The summed E-state index contributed by atoms with van der Waals surface area (Å²) in [6.45, 7) is 6.32. The predicted molar refractivity (Wildman–Crippen MR) is 75.8 cm³/mol. The highest BCUT2D eigenvalue weighted by atomic mass is 16.5. The van der Waals surface area contributed by atoms with Crippen LogP contribution in [0.4, 0.5) is 0 Å². The van der Waals surface area contributed by atoms with Crippen molar-refractivity contribution < 1.29 is 9.32 Å². The second-order valence-electron chi connectivity index (χ2n) is 5.26. The predicted octanol–water partition coefficient (Wildman–Crippen LogP) is 2.71. The van der Waals surface area contributed by atoms with E-state index < -0.39 is 0 Å². The number of aryl methyl sites for hydroxylation is 1. The third kappa shape index (κ3) is 3.91. The lowest BCUT2D eigenvalue weighted by Gasteiger charge is -2.04. The molecule has 0 radical (unpaired) electrons. The third-order valence-corrected chi connectivity index (χ3v) is 2.80. The van der Waals surface area contributed by atoms with Gasteiger partial charge < -0.3 is 9.84 Å². The van der Waals surface area contributed by atoms with Gasteiger partial charge in [-0.3, -0.25) is 4.79 Å². The van der Waals surface area contributed by atoms with Crippen LogP contribution in [-0.2, 0) is 11.3 Å². The fourth-order valence-corrected chi connectivity index (χ4v) is 1.76. The molecule has 0 aliphatic heterocycles. The second-order valence-corrected chi connectivity index (χ2v) is 5.26. The molecular formula is C15H19N3O2. The number of nitrogens with one attached hydrogen (secondary N) is 1. The van der Waals surface area contributed by atoms with Gasteiger partial charge in [0.1, 0.15) is 0 Å². The lowest BCUT2D eigenvalue weighted by atomic mass is 10.1. The van der Waals surface area contributed by atoms with Crippen LogP contribution in [0.5, 0.6) is 0 Å². The molecule has 0 saturated carbocycles. The average Bonchev–Trinajstić information content (AvgIpc) is 2.85. The van der Waals surface area contributed by atoms with Crippen LogP contribution < -0.4 is 5.32 Å². The van der Waals surface area contributed by atoms with Crippen LogP contribution >= 0.6 is 0 Å². The zero-order chi connectivity index (χ0) is 14.5. The fraction of sp³-hybridized carbons (Fsp3) is 0.400. The summed E-state index contributed by atoms with van der Waals surface area (Å²) in [5, 5.41) is 6.65. The van der Waals surface area contributed by atoms with E-state index in [0.717, 1.165) is 5.56 Å². The van der Waals surface area contributed by atoms with Crippen LogP contribution in [0.1, 0.15) is 31.7 Å². The number of amides is 1. The van der Waals surface area contributed by atoms with Crippen molar-refractivity contribution in [2.45, 2.75) is 33.7 Å². The molecule has 0 fully saturated rings. The van der Waals surface area contributed by atoms with E-state index in [1.54, 1.807) is 0 Å². The Labute approximate surface area is 118 Å². The van der Waals surface area contributed by atoms with Crippen molar-refractivity contribution in [1.82, 2.24) is 15.5 Å². The second kappa shape index (κ2) is 6.32. The Balaban J connectivity index is 1.95. The van der Waals surface area contributed by atoms with Gasteiger partial charge in [0, 0.05) is 12.0 Å². The van der Waals surface area contributed by atoms with Crippen molar-refractivity contribution in [3.05, 3.63) is 35.7 Å². The number of aromatic nitrogens is 2. The Bertz CT molecular complexity index is 573. The van der Waals surface area contributed by atoms with E-state index in [4.69, 9.17) is 4.52 Å². The molecule has 1 aromatic carbocycles. The molecular weight excluding hydrogens is 254 g/mol. The lowest BCUT2D eigenvalue weighted by molar-refractivity contribution is -0.122. The third-order valence-electron chi connectivity index (χ3n) is 2.80. The minimum atomic E-state index is 0.00156. The molecule has 1 heterocycles. The van der Waals surface area contributed by atoms with Crippen molar-refractivity contribution >= 4 is 5.91 Å². The van der Waals surface area contributed by atoms with E-state index >= 15 is 0 Å². The SMILES string of the molecule is Cc1ccc(-c2nc(CNC(=O)CC(C)C)no2)cc1. The molecule has 0 aliphatic carbocycles. The molecule has 0 spiro atoms. The van der Waals surface area contributed by atoms with E-state index in [0.29, 0.717) is 30.6 Å². The van der Waals surface area contributed by atoms with Crippen LogP contribution in [0.2, 0.25) is 0 Å². The number of carbonyl (C=O) groups excluding carboxylic acids is 1. The molecule has 0 aliphatic rings. The lowest BCUT2D eigenvalue weighted by Crippen LogP contribution is -2.24. The fourth-order valence-electron chi connectivity index (χ4n) is 1.76. The molecule has 0 atom stereocenters. The molecule has 0 bridgehead atoms. The van der Waals surface area contributed by atoms with Gasteiger partial charge in [-0.15, -0.1) is 0 Å². The Hall–Kier alpha value is -2.17. The van der Waals surface area contributed by atoms with Gasteiger partial charge in [-0.25, -0.2) is 0 Å². The van der Waals surface area contributed by atoms with Gasteiger partial charge in [0.25, 0.3) is 5.89 Å². The first-order chi connectivity index (χ1) is 9.54. The van der Waals surface area contributed by atoms with Crippen LogP contribution in [0, 0.1) is 12.8 Å². The monoisotopic (exact) mass is 273 g/mol. The van der Waals surface area contributed by atoms with E-state index in [9.17, 15) is 4.79 Å². The molecule has 5 nitrogen and oxygen atoms in total. The van der Waals surface area contributed by atoms with Gasteiger partial charge in [-0.1, -0.05) is 36.7 Å². The summed E-state index contributed by atoms with van der Waals surface area (Å²) < 4.78 is 5.19. The summed E-state index contributed by atoms with van der Waals surface area (Å²) in [5.41, 5.74) is 2.05. The summed E-state index contributed by atoms with van der Waals surface area (Å²) in [6.07, 6.45) is 0.503. The van der Waals surface area contributed by atoms with Gasteiger partial charge in [-0.2, -0.15) is 4.98 Å². The first-order valence-corrected chi connectivity index (χ1v) is 6.71. The molecule has 20 heavy (non-hydrogen) atoms. The van der Waals surface area contributed by atoms with Crippen LogP contribution in [0.3, 0.4) is 0 Å². The van der Waals surface area contributed by atoms with Gasteiger partial charge >= 0.3 is 0 Å². The minimum absolute atomic E-state index is 0.00156.